The van der Waals surface area contributed by atoms with E-state index in [9.17, 15) is 22.8 Å². The van der Waals surface area contributed by atoms with Gasteiger partial charge in [-0.25, -0.2) is 13.4 Å². The summed E-state index contributed by atoms with van der Waals surface area (Å²) in [6.07, 6.45) is 0. The fourth-order valence-corrected chi connectivity index (χ4v) is 5.00. The lowest BCUT2D eigenvalue weighted by molar-refractivity contribution is -0.129. The van der Waals surface area contributed by atoms with Crippen molar-refractivity contribution in [3.8, 4) is 0 Å². The van der Waals surface area contributed by atoms with Crippen LogP contribution in [0.2, 0.25) is 0 Å². The molecule has 0 spiro atoms. The molecule has 2 amide bonds. The van der Waals surface area contributed by atoms with Crippen LogP contribution in [0.5, 0.6) is 0 Å². The van der Waals surface area contributed by atoms with E-state index in [4.69, 9.17) is 0 Å². The number of anilines is 1. The number of carbonyl (C=O) groups is 3. The minimum absolute atomic E-state index is 0.0759. The van der Waals surface area contributed by atoms with E-state index in [1.54, 1.807) is 10.3 Å². The van der Waals surface area contributed by atoms with E-state index in [-0.39, 0.29) is 40.9 Å². The Balaban J connectivity index is 1.68. The fourth-order valence-electron chi connectivity index (χ4n) is 2.83. The van der Waals surface area contributed by atoms with E-state index >= 15 is 0 Å². The second-order valence-electron chi connectivity index (χ2n) is 6.48. The number of benzene rings is 1. The molecule has 9 nitrogen and oxygen atoms in total. The Morgan fingerprint density at radius 1 is 1.03 bits per heavy atom. The van der Waals surface area contributed by atoms with Crippen LogP contribution >= 0.6 is 11.3 Å². The van der Waals surface area contributed by atoms with Crippen LogP contribution < -0.4 is 5.32 Å². The lowest BCUT2D eigenvalue weighted by atomic mass is 10.2. The van der Waals surface area contributed by atoms with Crippen molar-refractivity contribution in [2.75, 3.05) is 31.5 Å². The molecule has 29 heavy (non-hydrogen) atoms. The number of hydrogen-bond acceptors (Lipinski definition) is 7. The van der Waals surface area contributed by atoms with Crippen molar-refractivity contribution >= 4 is 44.1 Å². The van der Waals surface area contributed by atoms with E-state index in [0.717, 1.165) is 11.3 Å². The highest BCUT2D eigenvalue weighted by Crippen LogP contribution is 2.20. The highest BCUT2D eigenvalue weighted by molar-refractivity contribution is 7.89. The summed E-state index contributed by atoms with van der Waals surface area (Å²) in [4.78, 5) is 40.7. The maximum atomic E-state index is 12.8. The third-order valence-corrected chi connectivity index (χ3v) is 7.19. The largest absolute Gasteiger partial charge is 0.340 e. The van der Waals surface area contributed by atoms with E-state index in [2.05, 4.69) is 10.3 Å². The Kier molecular flexibility index (Phi) is 6.10. The molecule has 0 radical (unpaired) electrons. The van der Waals surface area contributed by atoms with Crippen LogP contribution in [0.3, 0.4) is 0 Å². The van der Waals surface area contributed by atoms with E-state index in [0.29, 0.717) is 18.2 Å². The van der Waals surface area contributed by atoms with Gasteiger partial charge in [0.05, 0.1) is 4.90 Å². The van der Waals surface area contributed by atoms with E-state index < -0.39 is 15.9 Å². The van der Waals surface area contributed by atoms with Gasteiger partial charge in [-0.2, -0.15) is 4.31 Å². The molecule has 0 bridgehead atoms. The molecule has 1 aromatic heterocycles. The summed E-state index contributed by atoms with van der Waals surface area (Å²) < 4.78 is 26.9. The normalized spacial score (nSPS) is 15.2. The number of ketones is 1. The highest BCUT2D eigenvalue weighted by Gasteiger charge is 2.29. The van der Waals surface area contributed by atoms with Gasteiger partial charge >= 0.3 is 0 Å². The van der Waals surface area contributed by atoms with Gasteiger partial charge in [-0.05, 0) is 24.3 Å². The first kappa shape index (κ1) is 21.1. The summed E-state index contributed by atoms with van der Waals surface area (Å²) in [7, 11) is -3.70. The van der Waals surface area contributed by atoms with Crippen molar-refractivity contribution in [3.05, 3.63) is 40.9 Å². The van der Waals surface area contributed by atoms with Crippen LogP contribution in [0.15, 0.2) is 34.5 Å². The zero-order valence-electron chi connectivity index (χ0n) is 15.9. The van der Waals surface area contributed by atoms with Crippen molar-refractivity contribution < 1.29 is 22.8 Å². The molecule has 1 aliphatic rings. The Labute approximate surface area is 172 Å². The molecule has 0 aliphatic carbocycles. The SMILES string of the molecule is CC(=O)c1csc(NC(=O)c2ccc(S(=O)(=O)N3CCN(C(C)=O)CC3)cc2)n1. The molecule has 0 unspecified atom stereocenters. The maximum absolute atomic E-state index is 12.8. The summed E-state index contributed by atoms with van der Waals surface area (Å²) in [5, 5.41) is 4.44. The Hall–Kier alpha value is -2.63. The van der Waals surface area contributed by atoms with Gasteiger partial charge in [0.25, 0.3) is 5.91 Å². The number of carbonyl (C=O) groups excluding carboxylic acids is 3. The molecule has 11 heteroatoms. The molecule has 0 saturated carbocycles. The Morgan fingerprint density at radius 3 is 2.17 bits per heavy atom. The zero-order chi connectivity index (χ0) is 21.2. The average molecular weight is 437 g/mol. The lowest BCUT2D eigenvalue weighted by Crippen LogP contribution is -2.49. The van der Waals surface area contributed by atoms with Gasteiger partial charge < -0.3 is 4.90 Å². The maximum Gasteiger partial charge on any atom is 0.257 e. The molecular weight excluding hydrogens is 416 g/mol. The summed E-state index contributed by atoms with van der Waals surface area (Å²) in [5.41, 5.74) is 0.543. The number of sulfonamides is 1. The van der Waals surface area contributed by atoms with Crippen LogP contribution in [0, 0.1) is 0 Å². The predicted octanol–water partition coefficient (Wildman–Crippen LogP) is 1.45. The number of Topliss-reactive ketones (excluding diaryl/α,β-unsaturated/α-hetero) is 1. The van der Waals surface area contributed by atoms with Gasteiger partial charge in [-0.15, -0.1) is 11.3 Å². The minimum atomic E-state index is -3.70. The van der Waals surface area contributed by atoms with Gasteiger partial charge in [0.1, 0.15) is 5.69 Å². The second-order valence-corrected chi connectivity index (χ2v) is 9.28. The number of rotatable bonds is 5. The molecule has 2 heterocycles. The third-order valence-electron chi connectivity index (χ3n) is 4.52. The topological polar surface area (TPSA) is 117 Å². The van der Waals surface area contributed by atoms with E-state index in [1.807, 2.05) is 0 Å². The quantitative estimate of drug-likeness (QED) is 0.709. The smallest absolute Gasteiger partial charge is 0.257 e. The molecule has 1 saturated heterocycles. The van der Waals surface area contributed by atoms with Gasteiger partial charge in [0.2, 0.25) is 15.9 Å². The van der Waals surface area contributed by atoms with Crippen LogP contribution in [0.25, 0.3) is 0 Å². The zero-order valence-corrected chi connectivity index (χ0v) is 17.5. The van der Waals surface area contributed by atoms with E-state index in [1.165, 1.54) is 42.4 Å². The number of thiazole rings is 1. The molecule has 2 aromatic rings. The van der Waals surface area contributed by atoms with Crippen LogP contribution in [0.1, 0.15) is 34.7 Å². The number of hydrogen-bond donors (Lipinski definition) is 1. The molecule has 0 atom stereocenters. The Morgan fingerprint density at radius 2 is 1.66 bits per heavy atom. The van der Waals surface area contributed by atoms with Crippen LogP contribution in [-0.2, 0) is 14.8 Å². The van der Waals surface area contributed by atoms with Crippen molar-refractivity contribution in [2.45, 2.75) is 18.7 Å². The van der Waals surface area contributed by atoms with Crippen molar-refractivity contribution in [1.82, 2.24) is 14.2 Å². The first-order chi connectivity index (χ1) is 13.7. The van der Waals surface area contributed by atoms with Crippen molar-refractivity contribution in [1.29, 1.82) is 0 Å². The fraction of sp³-hybridized carbons (Fsp3) is 0.333. The number of aromatic nitrogens is 1. The Bertz CT molecular complexity index is 1040. The molecule has 1 aromatic carbocycles. The molecule has 1 N–H and O–H groups in total. The summed E-state index contributed by atoms with van der Waals surface area (Å²) in [6, 6.07) is 5.61. The summed E-state index contributed by atoms with van der Waals surface area (Å²) >= 11 is 1.13. The first-order valence-electron chi connectivity index (χ1n) is 8.82. The number of nitrogens with zero attached hydrogens (tertiary/aromatic N) is 3. The highest BCUT2D eigenvalue weighted by atomic mass is 32.2. The second kappa shape index (κ2) is 8.39. The standard InChI is InChI=1S/C18H20N4O5S2/c1-12(23)16-11-28-18(19-16)20-17(25)14-3-5-15(6-4-14)29(26,27)22-9-7-21(8-10-22)13(2)24/h3-6,11H,7-10H2,1-2H3,(H,19,20,25). The molecular formula is C18H20N4O5S2. The van der Waals surface area contributed by atoms with Gasteiger partial charge in [-0.3, -0.25) is 19.7 Å². The molecule has 1 fully saturated rings. The van der Waals surface area contributed by atoms with Crippen molar-refractivity contribution in [2.24, 2.45) is 0 Å². The predicted molar refractivity (Wildman–Crippen MR) is 108 cm³/mol. The summed E-state index contributed by atoms with van der Waals surface area (Å²) in [6.45, 7) is 4.01. The van der Waals surface area contributed by atoms with Crippen LogP contribution in [0.4, 0.5) is 5.13 Å². The average Bonchev–Trinajstić information content (AvgIpc) is 3.17. The minimum Gasteiger partial charge on any atom is -0.340 e. The van der Waals surface area contributed by atoms with Gasteiger partial charge in [0, 0.05) is 51.0 Å². The monoisotopic (exact) mass is 436 g/mol. The van der Waals surface area contributed by atoms with Gasteiger partial charge in [-0.1, -0.05) is 0 Å². The summed E-state index contributed by atoms with van der Waals surface area (Å²) in [5.74, 6) is -0.720. The molecule has 3 rings (SSSR count). The van der Waals surface area contributed by atoms with Crippen LogP contribution in [-0.4, -0.2) is 66.4 Å². The third kappa shape index (κ3) is 4.69. The lowest BCUT2D eigenvalue weighted by Gasteiger charge is -2.33. The van der Waals surface area contributed by atoms with Gasteiger partial charge in [0.15, 0.2) is 10.9 Å². The first-order valence-corrected chi connectivity index (χ1v) is 11.1. The molecule has 154 valence electrons. The molecule has 1 aliphatic heterocycles. The number of nitrogens with one attached hydrogen (secondary N) is 1. The number of piperazine rings is 1. The number of amides is 2. The van der Waals surface area contributed by atoms with Crippen molar-refractivity contribution in [3.63, 3.8) is 0 Å².